The molecule has 2 rings (SSSR count). The first-order chi connectivity index (χ1) is 11.2. The van der Waals surface area contributed by atoms with Crippen LogP contribution in [0.5, 0.6) is 0 Å². The van der Waals surface area contributed by atoms with Crippen LogP contribution in [0, 0.1) is 0 Å². The number of carboxylic acids is 1. The van der Waals surface area contributed by atoms with Crippen molar-refractivity contribution in [3.05, 3.63) is 0 Å². The monoisotopic (exact) mass is 355 g/mol. The van der Waals surface area contributed by atoms with Crippen molar-refractivity contribution in [1.29, 1.82) is 0 Å². The van der Waals surface area contributed by atoms with Gasteiger partial charge in [0.25, 0.3) is 0 Å². The Morgan fingerprint density at radius 1 is 1.00 bits per heavy atom. The molecular formula is C12H21NO11. The topological polar surface area (TPSA) is 212 Å². The van der Waals surface area contributed by atoms with Crippen LogP contribution in [-0.4, -0.2) is 110 Å². The molecule has 0 aromatic carbocycles. The van der Waals surface area contributed by atoms with Gasteiger partial charge in [-0.05, 0) is 0 Å². The first-order valence-electron chi connectivity index (χ1n) is 7.15. The summed E-state index contributed by atoms with van der Waals surface area (Å²) >= 11 is 0. The molecule has 2 fully saturated rings. The number of carbonyl (C=O) groups is 1. The second-order valence-electron chi connectivity index (χ2n) is 5.65. The molecule has 0 radical (unpaired) electrons. The van der Waals surface area contributed by atoms with E-state index >= 15 is 0 Å². The van der Waals surface area contributed by atoms with Crippen molar-refractivity contribution < 1.29 is 54.8 Å². The molecule has 0 aromatic rings. The molecule has 2 aliphatic heterocycles. The van der Waals surface area contributed by atoms with Crippen LogP contribution in [0.15, 0.2) is 0 Å². The van der Waals surface area contributed by atoms with Gasteiger partial charge in [0.1, 0.15) is 36.6 Å². The maximum absolute atomic E-state index is 11.0. The summed E-state index contributed by atoms with van der Waals surface area (Å²) in [4.78, 5) is 11.0. The normalized spacial score (nSPS) is 49.8. The fraction of sp³-hybridized carbons (Fsp3) is 0.917. The highest BCUT2D eigenvalue weighted by atomic mass is 16.7. The van der Waals surface area contributed by atoms with Gasteiger partial charge in [-0.25, -0.2) is 4.79 Å². The fourth-order valence-electron chi connectivity index (χ4n) is 2.59. The van der Waals surface area contributed by atoms with Gasteiger partial charge in [0.05, 0.1) is 12.6 Å². The number of hydrogen-bond acceptors (Lipinski definition) is 11. The Kier molecular flexibility index (Phi) is 6.09. The number of aliphatic hydroxyl groups excluding tert-OH is 6. The molecule has 2 saturated heterocycles. The molecule has 0 amide bonds. The molecule has 12 heteroatoms. The zero-order valence-corrected chi connectivity index (χ0v) is 12.3. The van der Waals surface area contributed by atoms with Crippen molar-refractivity contribution in [1.82, 2.24) is 0 Å². The first kappa shape index (κ1) is 19.4. The van der Waals surface area contributed by atoms with Gasteiger partial charge >= 0.3 is 5.97 Å². The summed E-state index contributed by atoms with van der Waals surface area (Å²) in [7, 11) is 0. The highest BCUT2D eigenvalue weighted by Crippen LogP contribution is 2.28. The van der Waals surface area contributed by atoms with Gasteiger partial charge in [0.15, 0.2) is 18.7 Å². The van der Waals surface area contributed by atoms with Crippen LogP contribution in [0.2, 0.25) is 0 Å². The minimum atomic E-state index is -1.90. The molecule has 2 aliphatic rings. The summed E-state index contributed by atoms with van der Waals surface area (Å²) in [5, 5.41) is 67.0. The van der Waals surface area contributed by atoms with Gasteiger partial charge in [-0.1, -0.05) is 0 Å². The van der Waals surface area contributed by atoms with Gasteiger partial charge in [0, 0.05) is 0 Å². The SMILES string of the molecule is N[C@@H]1[C@@H](O[C@@H]2O[C@H](C(=O)O)[C@@H](O)[C@H](O)[C@H]2O)[C@H](O)[C@@H](CO)O[C@H]1O. The van der Waals surface area contributed by atoms with E-state index in [0.29, 0.717) is 0 Å². The molecule has 0 aliphatic carbocycles. The number of ether oxygens (including phenoxy) is 3. The Labute approximate surface area is 135 Å². The number of aliphatic hydroxyl groups is 6. The van der Waals surface area contributed by atoms with E-state index in [1.165, 1.54) is 0 Å². The van der Waals surface area contributed by atoms with Gasteiger partial charge in [-0.15, -0.1) is 0 Å². The van der Waals surface area contributed by atoms with Gasteiger partial charge in [0.2, 0.25) is 0 Å². The van der Waals surface area contributed by atoms with E-state index in [2.05, 4.69) is 0 Å². The lowest BCUT2D eigenvalue weighted by atomic mass is 9.96. The molecular weight excluding hydrogens is 334 g/mol. The van der Waals surface area contributed by atoms with Gasteiger partial charge < -0.3 is 55.7 Å². The Balaban J connectivity index is 2.16. The standard InChI is InChI=1S/C12H21NO11/c13-3-8(4(15)2(1-14)22-11(3)21)23-12-7(18)5(16)6(17)9(24-12)10(19)20/h2-9,11-12,14-18,21H,1,13H2,(H,19,20)/t2-,3-,4-,5+,6+,7-,8-,9+,11-,12-/m1/s1. The van der Waals surface area contributed by atoms with Gasteiger partial charge in [-0.2, -0.15) is 0 Å². The molecule has 0 spiro atoms. The lowest BCUT2D eigenvalue weighted by Crippen LogP contribution is -2.66. The third-order valence-electron chi connectivity index (χ3n) is 4.02. The van der Waals surface area contributed by atoms with E-state index in [1.807, 2.05) is 0 Å². The summed E-state index contributed by atoms with van der Waals surface area (Å²) in [6, 6.07) is -1.31. The fourth-order valence-corrected chi connectivity index (χ4v) is 2.59. The largest absolute Gasteiger partial charge is 0.479 e. The Hall–Kier alpha value is -0.930. The molecule has 0 bridgehead atoms. The van der Waals surface area contributed by atoms with Crippen LogP contribution in [0.4, 0.5) is 0 Å². The van der Waals surface area contributed by atoms with Crippen molar-refractivity contribution in [3.8, 4) is 0 Å². The van der Waals surface area contributed by atoms with Gasteiger partial charge in [-0.3, -0.25) is 0 Å². The van der Waals surface area contributed by atoms with E-state index in [0.717, 1.165) is 0 Å². The zero-order valence-electron chi connectivity index (χ0n) is 12.3. The molecule has 10 atom stereocenters. The molecule has 2 heterocycles. The zero-order chi connectivity index (χ0) is 18.2. The Bertz CT molecular complexity index is 451. The molecule has 0 aromatic heterocycles. The summed E-state index contributed by atoms with van der Waals surface area (Å²) in [6.45, 7) is -0.669. The average molecular weight is 355 g/mol. The maximum atomic E-state index is 11.0. The highest BCUT2D eigenvalue weighted by molar-refractivity contribution is 5.73. The van der Waals surface area contributed by atoms with Crippen LogP contribution < -0.4 is 5.73 Å². The van der Waals surface area contributed by atoms with Crippen LogP contribution in [-0.2, 0) is 19.0 Å². The maximum Gasteiger partial charge on any atom is 0.335 e. The van der Waals surface area contributed by atoms with E-state index in [-0.39, 0.29) is 0 Å². The predicted octanol–water partition coefficient (Wildman–Crippen LogP) is -5.34. The second-order valence-corrected chi connectivity index (χ2v) is 5.65. The summed E-state index contributed by atoms with van der Waals surface area (Å²) in [6.07, 6.45) is -15.1. The van der Waals surface area contributed by atoms with E-state index in [9.17, 15) is 30.3 Å². The molecule has 0 unspecified atom stereocenters. The summed E-state index contributed by atoms with van der Waals surface area (Å²) < 4.78 is 15.0. The van der Waals surface area contributed by atoms with Crippen molar-refractivity contribution in [2.45, 2.75) is 61.3 Å². The quantitative estimate of drug-likeness (QED) is 0.237. The number of hydrogen-bond donors (Lipinski definition) is 8. The lowest BCUT2D eigenvalue weighted by Gasteiger charge is -2.45. The number of nitrogens with two attached hydrogens (primary N) is 1. The Morgan fingerprint density at radius 2 is 1.62 bits per heavy atom. The molecule has 12 nitrogen and oxygen atoms in total. The smallest absolute Gasteiger partial charge is 0.335 e. The molecule has 0 saturated carbocycles. The minimum absolute atomic E-state index is 0.669. The second kappa shape index (κ2) is 7.53. The van der Waals surface area contributed by atoms with E-state index < -0.39 is 73.9 Å². The third-order valence-corrected chi connectivity index (χ3v) is 4.02. The van der Waals surface area contributed by atoms with Crippen molar-refractivity contribution in [2.75, 3.05) is 6.61 Å². The van der Waals surface area contributed by atoms with Crippen molar-refractivity contribution in [3.63, 3.8) is 0 Å². The predicted molar refractivity (Wildman–Crippen MR) is 71.1 cm³/mol. The van der Waals surface area contributed by atoms with Crippen molar-refractivity contribution >= 4 is 5.97 Å². The number of rotatable bonds is 4. The van der Waals surface area contributed by atoms with Crippen LogP contribution in [0.3, 0.4) is 0 Å². The number of aliphatic carboxylic acids is 1. The molecule has 140 valence electrons. The average Bonchev–Trinajstić information content (AvgIpc) is 2.54. The van der Waals surface area contributed by atoms with Crippen LogP contribution in [0.1, 0.15) is 0 Å². The lowest BCUT2D eigenvalue weighted by molar-refractivity contribution is -0.335. The van der Waals surface area contributed by atoms with Crippen LogP contribution in [0.25, 0.3) is 0 Å². The van der Waals surface area contributed by atoms with E-state index in [4.69, 9.17) is 30.2 Å². The molecule has 24 heavy (non-hydrogen) atoms. The summed E-state index contributed by atoms with van der Waals surface area (Å²) in [5.74, 6) is -1.60. The first-order valence-corrected chi connectivity index (χ1v) is 7.15. The minimum Gasteiger partial charge on any atom is -0.479 e. The van der Waals surface area contributed by atoms with Crippen LogP contribution >= 0.6 is 0 Å². The Morgan fingerprint density at radius 3 is 2.17 bits per heavy atom. The highest BCUT2D eigenvalue weighted by Gasteiger charge is 2.51. The van der Waals surface area contributed by atoms with E-state index in [1.54, 1.807) is 0 Å². The van der Waals surface area contributed by atoms with Crippen molar-refractivity contribution in [2.24, 2.45) is 5.73 Å². The molecule has 9 N–H and O–H groups in total. The summed E-state index contributed by atoms with van der Waals surface area (Å²) in [5.41, 5.74) is 5.64. The third kappa shape index (κ3) is 3.52. The number of carboxylic acid groups (broad SMARTS) is 1.